The molecule has 3 nitrogen and oxygen atoms in total. The summed E-state index contributed by atoms with van der Waals surface area (Å²) in [7, 11) is 0. The first kappa shape index (κ1) is 17.6. The summed E-state index contributed by atoms with van der Waals surface area (Å²) in [4.78, 5) is 4.77. The van der Waals surface area contributed by atoms with Crippen LogP contribution in [0.4, 0.5) is 0 Å². The minimum absolute atomic E-state index is 0.114. The fourth-order valence-corrected chi connectivity index (χ4v) is 3.81. The van der Waals surface area contributed by atoms with Crippen LogP contribution in [0.3, 0.4) is 0 Å². The molecule has 0 aliphatic rings. The fraction of sp³-hybridized carbons (Fsp3) is 0.154. The second-order valence-corrected chi connectivity index (χ2v) is 8.44. The van der Waals surface area contributed by atoms with Crippen LogP contribution in [-0.2, 0) is 5.41 Å². The van der Waals surface area contributed by atoms with Crippen LogP contribution in [0, 0.1) is 0 Å². The zero-order chi connectivity index (χ0) is 20.0. The maximum Gasteiger partial charge on any atom is 0.259 e. The summed E-state index contributed by atoms with van der Waals surface area (Å²) >= 11 is 0. The van der Waals surface area contributed by atoms with E-state index in [4.69, 9.17) is 9.51 Å². The third-order valence-corrected chi connectivity index (χ3v) is 5.42. The quantitative estimate of drug-likeness (QED) is 0.310. The van der Waals surface area contributed by atoms with Crippen molar-refractivity contribution in [2.75, 3.05) is 0 Å². The molecule has 0 saturated heterocycles. The highest BCUT2D eigenvalue weighted by Gasteiger charge is 2.18. The van der Waals surface area contributed by atoms with Crippen molar-refractivity contribution >= 4 is 21.5 Å². The molecular weight excluding hydrogens is 356 g/mol. The van der Waals surface area contributed by atoms with Gasteiger partial charge in [-0.3, -0.25) is 0 Å². The molecule has 0 amide bonds. The summed E-state index contributed by atoms with van der Waals surface area (Å²) in [6, 6.07) is 27.3. The molecule has 0 N–H and O–H groups in total. The van der Waals surface area contributed by atoms with Crippen LogP contribution in [0.25, 0.3) is 44.4 Å². The largest absolute Gasteiger partial charge is 0.334 e. The van der Waals surface area contributed by atoms with Crippen molar-refractivity contribution in [3.05, 3.63) is 84.4 Å². The Morgan fingerprint density at radius 3 is 1.90 bits per heavy atom. The molecule has 0 unspecified atom stereocenters. The summed E-state index contributed by atoms with van der Waals surface area (Å²) in [5.41, 5.74) is 3.34. The van der Waals surface area contributed by atoms with Crippen LogP contribution in [0.2, 0.25) is 0 Å². The van der Waals surface area contributed by atoms with Gasteiger partial charge in [0.1, 0.15) is 0 Å². The first-order valence-electron chi connectivity index (χ1n) is 9.86. The Morgan fingerprint density at radius 1 is 0.724 bits per heavy atom. The van der Waals surface area contributed by atoms with Gasteiger partial charge in [0.2, 0.25) is 5.82 Å². The van der Waals surface area contributed by atoms with E-state index in [9.17, 15) is 0 Å². The summed E-state index contributed by atoms with van der Waals surface area (Å²) in [5.74, 6) is 1.16. The molecule has 0 atom stereocenters. The molecule has 0 radical (unpaired) electrons. The highest BCUT2D eigenvalue weighted by Crippen LogP contribution is 2.36. The van der Waals surface area contributed by atoms with Crippen molar-refractivity contribution in [1.82, 2.24) is 10.1 Å². The average Bonchev–Trinajstić information content (AvgIpc) is 3.21. The van der Waals surface area contributed by atoms with Crippen molar-refractivity contribution in [2.45, 2.75) is 26.2 Å². The van der Waals surface area contributed by atoms with Gasteiger partial charge in [-0.15, -0.1) is 0 Å². The van der Waals surface area contributed by atoms with Crippen LogP contribution < -0.4 is 0 Å². The first-order chi connectivity index (χ1) is 14.0. The molecule has 5 aromatic rings. The molecule has 5 rings (SSSR count). The van der Waals surface area contributed by atoms with E-state index in [1.807, 2.05) is 12.1 Å². The van der Waals surface area contributed by atoms with Crippen molar-refractivity contribution in [2.24, 2.45) is 0 Å². The van der Waals surface area contributed by atoms with E-state index in [1.165, 1.54) is 5.56 Å². The molecule has 29 heavy (non-hydrogen) atoms. The molecule has 1 aromatic heterocycles. The van der Waals surface area contributed by atoms with E-state index in [0.29, 0.717) is 11.7 Å². The standard InChI is InChI=1S/C26H22N2O/c1-26(2,3)20-14-12-17(13-15-20)24-27-25(29-28-24)23-21-10-6-4-8-18(21)16-19-9-5-7-11-22(19)23/h4-16H,1-3H3. The van der Waals surface area contributed by atoms with Crippen LogP contribution in [0.15, 0.2) is 83.4 Å². The van der Waals surface area contributed by atoms with E-state index in [-0.39, 0.29) is 5.41 Å². The predicted octanol–water partition coefficient (Wildman–Crippen LogP) is 7.01. The molecule has 0 spiro atoms. The Balaban J connectivity index is 1.66. The maximum atomic E-state index is 5.76. The molecule has 0 fully saturated rings. The molecule has 0 aliphatic heterocycles. The van der Waals surface area contributed by atoms with Crippen LogP contribution >= 0.6 is 0 Å². The molecular formula is C26H22N2O. The summed E-state index contributed by atoms with van der Waals surface area (Å²) in [5, 5.41) is 8.84. The van der Waals surface area contributed by atoms with E-state index < -0.39 is 0 Å². The van der Waals surface area contributed by atoms with Gasteiger partial charge in [-0.1, -0.05) is 98.7 Å². The number of hydrogen-bond donors (Lipinski definition) is 0. The zero-order valence-electron chi connectivity index (χ0n) is 16.8. The average molecular weight is 378 g/mol. The van der Waals surface area contributed by atoms with Gasteiger partial charge in [0.05, 0.1) is 5.56 Å². The second-order valence-electron chi connectivity index (χ2n) is 8.44. The van der Waals surface area contributed by atoms with E-state index in [2.05, 4.69) is 92.7 Å². The lowest BCUT2D eigenvalue weighted by molar-refractivity contribution is 0.433. The Hall–Kier alpha value is -3.46. The smallest absolute Gasteiger partial charge is 0.259 e. The van der Waals surface area contributed by atoms with Crippen molar-refractivity contribution in [3.8, 4) is 22.8 Å². The minimum Gasteiger partial charge on any atom is -0.334 e. The molecule has 0 bridgehead atoms. The van der Waals surface area contributed by atoms with Gasteiger partial charge in [-0.2, -0.15) is 4.98 Å². The minimum atomic E-state index is 0.114. The molecule has 1 heterocycles. The lowest BCUT2D eigenvalue weighted by Crippen LogP contribution is -2.10. The molecule has 0 aliphatic carbocycles. The van der Waals surface area contributed by atoms with Crippen molar-refractivity contribution in [1.29, 1.82) is 0 Å². The van der Waals surface area contributed by atoms with Gasteiger partial charge in [0.25, 0.3) is 5.89 Å². The molecule has 142 valence electrons. The fourth-order valence-electron chi connectivity index (χ4n) is 3.81. The molecule has 3 heteroatoms. The highest BCUT2D eigenvalue weighted by molar-refractivity contribution is 6.11. The highest BCUT2D eigenvalue weighted by atomic mass is 16.5. The summed E-state index contributed by atoms with van der Waals surface area (Å²) in [6.45, 7) is 6.63. The molecule has 0 saturated carbocycles. The van der Waals surface area contributed by atoms with Crippen LogP contribution in [0.5, 0.6) is 0 Å². The third-order valence-electron chi connectivity index (χ3n) is 5.42. The Kier molecular flexibility index (Phi) is 3.99. The van der Waals surface area contributed by atoms with Gasteiger partial charge >= 0.3 is 0 Å². The van der Waals surface area contributed by atoms with Gasteiger partial charge in [-0.25, -0.2) is 0 Å². The Labute approximate surface area is 170 Å². The van der Waals surface area contributed by atoms with Gasteiger partial charge in [-0.05, 0) is 38.6 Å². The molecule has 4 aromatic carbocycles. The van der Waals surface area contributed by atoms with E-state index in [1.54, 1.807) is 0 Å². The predicted molar refractivity (Wildman–Crippen MR) is 119 cm³/mol. The normalized spacial score (nSPS) is 12.0. The van der Waals surface area contributed by atoms with Crippen molar-refractivity contribution in [3.63, 3.8) is 0 Å². The lowest BCUT2D eigenvalue weighted by Gasteiger charge is -2.18. The lowest BCUT2D eigenvalue weighted by atomic mass is 9.87. The van der Waals surface area contributed by atoms with Crippen LogP contribution in [0.1, 0.15) is 26.3 Å². The van der Waals surface area contributed by atoms with Gasteiger partial charge in [0, 0.05) is 5.56 Å². The topological polar surface area (TPSA) is 38.9 Å². The van der Waals surface area contributed by atoms with E-state index in [0.717, 1.165) is 32.7 Å². The Bertz CT molecular complexity index is 1270. The maximum absolute atomic E-state index is 5.76. The Morgan fingerprint density at radius 2 is 1.31 bits per heavy atom. The number of hydrogen-bond acceptors (Lipinski definition) is 3. The number of nitrogens with zero attached hydrogens (tertiary/aromatic N) is 2. The monoisotopic (exact) mass is 378 g/mol. The number of benzene rings is 4. The SMILES string of the molecule is CC(C)(C)c1ccc(-c2noc(-c3c4ccccc4cc4ccccc34)n2)cc1. The zero-order valence-corrected chi connectivity index (χ0v) is 16.8. The number of aromatic nitrogens is 2. The van der Waals surface area contributed by atoms with Gasteiger partial charge < -0.3 is 4.52 Å². The van der Waals surface area contributed by atoms with Crippen LogP contribution in [-0.4, -0.2) is 10.1 Å². The first-order valence-corrected chi connectivity index (χ1v) is 9.86. The van der Waals surface area contributed by atoms with Crippen molar-refractivity contribution < 1.29 is 4.52 Å². The van der Waals surface area contributed by atoms with E-state index >= 15 is 0 Å². The number of rotatable bonds is 2. The summed E-state index contributed by atoms with van der Waals surface area (Å²) in [6.07, 6.45) is 0. The second kappa shape index (κ2) is 6.56. The van der Waals surface area contributed by atoms with Gasteiger partial charge in [0.15, 0.2) is 0 Å². The number of fused-ring (bicyclic) bond motifs is 2. The third kappa shape index (κ3) is 3.09. The summed E-state index contributed by atoms with van der Waals surface area (Å²) < 4.78 is 5.76.